The largest absolute Gasteiger partial charge is 0.396 e. The molecular weight excluding hydrogens is 180 g/mol. The molecule has 0 saturated heterocycles. The molecule has 0 fully saturated rings. The lowest BCUT2D eigenvalue weighted by atomic mass is 10.1. The Kier molecular flexibility index (Phi) is 3.92. The van der Waals surface area contributed by atoms with Crippen molar-refractivity contribution in [2.45, 2.75) is 24.7 Å². The summed E-state index contributed by atoms with van der Waals surface area (Å²) in [4.78, 5) is 0. The lowest BCUT2D eigenvalue weighted by molar-refractivity contribution is -0.221. The topological polar surface area (TPSA) is 40.5 Å². The standard InChI is InChI=1S/C6H10F4O2/c7-5(8,1-3-11)6(9,10)2-4-12/h11-12H,1-4H2. The van der Waals surface area contributed by atoms with Crippen LogP contribution in [0.15, 0.2) is 0 Å². The van der Waals surface area contributed by atoms with Gasteiger partial charge in [0, 0.05) is 26.1 Å². The Morgan fingerprint density at radius 1 is 0.750 bits per heavy atom. The average molecular weight is 190 g/mol. The molecular formula is C6H10F4O2. The van der Waals surface area contributed by atoms with Crippen LogP contribution in [0.4, 0.5) is 17.6 Å². The van der Waals surface area contributed by atoms with Gasteiger partial charge < -0.3 is 10.2 Å². The monoisotopic (exact) mass is 190 g/mol. The third kappa shape index (κ3) is 2.60. The molecule has 0 saturated carbocycles. The zero-order valence-corrected chi connectivity index (χ0v) is 6.23. The van der Waals surface area contributed by atoms with Crippen molar-refractivity contribution in [3.8, 4) is 0 Å². The average Bonchev–Trinajstić information content (AvgIpc) is 1.86. The van der Waals surface area contributed by atoms with Crippen LogP contribution in [0.3, 0.4) is 0 Å². The number of hydrogen-bond donors (Lipinski definition) is 2. The first-order chi connectivity index (χ1) is 5.37. The van der Waals surface area contributed by atoms with Gasteiger partial charge in [0.25, 0.3) is 0 Å². The summed E-state index contributed by atoms with van der Waals surface area (Å²) in [5.74, 6) is -8.49. The van der Waals surface area contributed by atoms with E-state index in [-0.39, 0.29) is 0 Å². The minimum atomic E-state index is -4.25. The highest BCUT2D eigenvalue weighted by molar-refractivity contribution is 4.83. The second kappa shape index (κ2) is 4.04. The van der Waals surface area contributed by atoms with E-state index in [0.717, 1.165) is 0 Å². The quantitative estimate of drug-likeness (QED) is 0.635. The lowest BCUT2D eigenvalue weighted by Crippen LogP contribution is -2.41. The molecule has 0 atom stereocenters. The van der Waals surface area contributed by atoms with E-state index in [1.807, 2.05) is 0 Å². The van der Waals surface area contributed by atoms with E-state index in [4.69, 9.17) is 10.2 Å². The maximum atomic E-state index is 12.4. The van der Waals surface area contributed by atoms with E-state index in [9.17, 15) is 17.6 Å². The van der Waals surface area contributed by atoms with Crippen molar-refractivity contribution in [2.24, 2.45) is 0 Å². The minimum Gasteiger partial charge on any atom is -0.396 e. The summed E-state index contributed by atoms with van der Waals surface area (Å²) >= 11 is 0. The molecule has 0 aromatic rings. The first kappa shape index (κ1) is 11.6. The van der Waals surface area contributed by atoms with Gasteiger partial charge in [-0.25, -0.2) is 0 Å². The van der Waals surface area contributed by atoms with Gasteiger partial charge in [-0.3, -0.25) is 0 Å². The van der Waals surface area contributed by atoms with Gasteiger partial charge in [-0.15, -0.1) is 0 Å². The molecule has 0 aliphatic heterocycles. The number of hydrogen-bond acceptors (Lipinski definition) is 2. The zero-order chi connectivity index (χ0) is 9.83. The first-order valence-corrected chi connectivity index (χ1v) is 3.35. The molecule has 0 radical (unpaired) electrons. The van der Waals surface area contributed by atoms with Gasteiger partial charge in [0.1, 0.15) is 0 Å². The van der Waals surface area contributed by atoms with E-state index < -0.39 is 37.9 Å². The normalized spacial score (nSPS) is 13.5. The maximum absolute atomic E-state index is 12.4. The second-order valence-corrected chi connectivity index (χ2v) is 2.36. The minimum absolute atomic E-state index is 1.01. The van der Waals surface area contributed by atoms with Crippen LogP contribution in [0.25, 0.3) is 0 Å². The molecule has 0 aliphatic carbocycles. The van der Waals surface area contributed by atoms with Gasteiger partial charge in [0.2, 0.25) is 0 Å². The summed E-state index contributed by atoms with van der Waals surface area (Å²) in [5.41, 5.74) is 0. The predicted molar refractivity (Wildman–Crippen MR) is 33.3 cm³/mol. The summed E-state index contributed by atoms with van der Waals surface area (Å²) in [6.45, 7) is -2.01. The number of rotatable bonds is 5. The van der Waals surface area contributed by atoms with Gasteiger partial charge in [-0.1, -0.05) is 0 Å². The molecule has 2 nitrogen and oxygen atoms in total. The predicted octanol–water partition coefficient (Wildman–Crippen LogP) is 1.02. The van der Waals surface area contributed by atoms with Crippen LogP contribution in [0.1, 0.15) is 12.8 Å². The molecule has 0 bridgehead atoms. The van der Waals surface area contributed by atoms with Gasteiger partial charge in [0.15, 0.2) is 0 Å². The van der Waals surface area contributed by atoms with Crippen molar-refractivity contribution in [3.63, 3.8) is 0 Å². The summed E-state index contributed by atoms with van der Waals surface area (Å²) in [6, 6.07) is 0. The molecule has 0 unspecified atom stereocenters. The molecule has 6 heteroatoms. The fourth-order valence-electron chi connectivity index (χ4n) is 0.647. The van der Waals surface area contributed by atoms with E-state index in [0.29, 0.717) is 0 Å². The molecule has 0 spiro atoms. The van der Waals surface area contributed by atoms with Crippen LogP contribution >= 0.6 is 0 Å². The van der Waals surface area contributed by atoms with Crippen molar-refractivity contribution in [3.05, 3.63) is 0 Å². The highest BCUT2D eigenvalue weighted by Crippen LogP contribution is 2.38. The van der Waals surface area contributed by atoms with Crippen LogP contribution in [-0.4, -0.2) is 35.3 Å². The second-order valence-electron chi connectivity index (χ2n) is 2.36. The number of halogens is 4. The molecule has 0 heterocycles. The Morgan fingerprint density at radius 2 is 1.00 bits per heavy atom. The fraction of sp³-hybridized carbons (Fsp3) is 1.00. The zero-order valence-electron chi connectivity index (χ0n) is 6.23. The lowest BCUT2D eigenvalue weighted by Gasteiger charge is -2.25. The molecule has 0 aromatic carbocycles. The number of aliphatic hydroxyl groups is 2. The molecule has 2 N–H and O–H groups in total. The fourth-order valence-corrected chi connectivity index (χ4v) is 0.647. The summed E-state index contributed by atoms with van der Waals surface area (Å²) in [5, 5.41) is 16.1. The Bertz CT molecular complexity index is 122. The molecule has 74 valence electrons. The van der Waals surface area contributed by atoms with Crippen LogP contribution in [0.2, 0.25) is 0 Å². The Labute approximate surface area is 66.8 Å². The Hall–Kier alpha value is -0.360. The van der Waals surface area contributed by atoms with Crippen molar-refractivity contribution in [1.82, 2.24) is 0 Å². The molecule has 0 rings (SSSR count). The third-order valence-electron chi connectivity index (χ3n) is 1.39. The van der Waals surface area contributed by atoms with Crippen molar-refractivity contribution in [1.29, 1.82) is 0 Å². The van der Waals surface area contributed by atoms with Crippen molar-refractivity contribution in [2.75, 3.05) is 13.2 Å². The summed E-state index contributed by atoms with van der Waals surface area (Å²) in [7, 11) is 0. The SMILES string of the molecule is OCCC(F)(F)C(F)(F)CCO. The molecule has 0 aromatic heterocycles. The van der Waals surface area contributed by atoms with E-state index >= 15 is 0 Å². The highest BCUT2D eigenvalue weighted by Gasteiger charge is 2.54. The molecule has 0 aliphatic rings. The number of alkyl halides is 4. The van der Waals surface area contributed by atoms with Crippen LogP contribution < -0.4 is 0 Å². The first-order valence-electron chi connectivity index (χ1n) is 3.35. The van der Waals surface area contributed by atoms with Gasteiger partial charge in [0.05, 0.1) is 0 Å². The van der Waals surface area contributed by atoms with E-state index in [2.05, 4.69) is 0 Å². The van der Waals surface area contributed by atoms with Gasteiger partial charge in [-0.2, -0.15) is 17.6 Å². The maximum Gasteiger partial charge on any atom is 0.312 e. The molecule has 0 amide bonds. The van der Waals surface area contributed by atoms with E-state index in [1.165, 1.54) is 0 Å². The smallest absolute Gasteiger partial charge is 0.312 e. The van der Waals surface area contributed by atoms with Crippen LogP contribution in [-0.2, 0) is 0 Å². The van der Waals surface area contributed by atoms with Gasteiger partial charge >= 0.3 is 11.8 Å². The summed E-state index contributed by atoms with van der Waals surface area (Å²) < 4.78 is 49.5. The van der Waals surface area contributed by atoms with Crippen molar-refractivity contribution < 1.29 is 27.8 Å². The van der Waals surface area contributed by atoms with Crippen LogP contribution in [0, 0.1) is 0 Å². The van der Waals surface area contributed by atoms with Crippen molar-refractivity contribution >= 4 is 0 Å². The van der Waals surface area contributed by atoms with Gasteiger partial charge in [-0.05, 0) is 0 Å². The highest BCUT2D eigenvalue weighted by atomic mass is 19.3. The summed E-state index contributed by atoms with van der Waals surface area (Å²) in [6.07, 6.45) is -2.58. The number of aliphatic hydroxyl groups excluding tert-OH is 2. The Balaban J connectivity index is 4.28. The van der Waals surface area contributed by atoms with Crippen LogP contribution in [0.5, 0.6) is 0 Å². The third-order valence-corrected chi connectivity index (χ3v) is 1.39. The Morgan fingerprint density at radius 3 is 1.17 bits per heavy atom. The molecule has 12 heavy (non-hydrogen) atoms. The van der Waals surface area contributed by atoms with E-state index in [1.54, 1.807) is 0 Å².